The van der Waals surface area contributed by atoms with Crippen LogP contribution in [0.25, 0.3) is 0 Å². The highest BCUT2D eigenvalue weighted by molar-refractivity contribution is 8.03. The Morgan fingerprint density at radius 2 is 2.08 bits per heavy atom. The van der Waals surface area contributed by atoms with Gasteiger partial charge in [0.1, 0.15) is 0 Å². The Bertz CT molecular complexity index is 827. The Morgan fingerprint density at radius 3 is 2.73 bits per heavy atom. The lowest BCUT2D eigenvalue weighted by Crippen LogP contribution is -2.25. The molecule has 0 bridgehead atoms. The van der Waals surface area contributed by atoms with Crippen molar-refractivity contribution < 1.29 is 14.5 Å². The van der Waals surface area contributed by atoms with Gasteiger partial charge in [0.05, 0.1) is 15.6 Å². The van der Waals surface area contributed by atoms with Gasteiger partial charge in [-0.3, -0.25) is 19.7 Å². The smallest absolute Gasteiger partial charge is 0.284 e. The number of nitro groups is 1. The van der Waals surface area contributed by atoms with E-state index in [9.17, 15) is 19.7 Å². The van der Waals surface area contributed by atoms with E-state index in [1.807, 2.05) is 6.92 Å². The molecule has 0 aliphatic rings. The maximum atomic E-state index is 11.6. The zero-order valence-corrected chi connectivity index (χ0v) is 16.1. The number of hydrogen-bond donors (Lipinski definition) is 2. The summed E-state index contributed by atoms with van der Waals surface area (Å²) in [7, 11) is 0. The predicted octanol–water partition coefficient (Wildman–Crippen LogP) is 2.31. The van der Waals surface area contributed by atoms with Crippen molar-refractivity contribution in [3.63, 3.8) is 0 Å². The molecule has 1 aromatic heterocycles. The molecule has 0 saturated carbocycles. The number of amides is 2. The van der Waals surface area contributed by atoms with Crippen LogP contribution in [0.1, 0.15) is 23.7 Å². The first-order valence-electron chi connectivity index (χ1n) is 7.39. The lowest BCUT2D eigenvalue weighted by molar-refractivity contribution is -0.387. The third-order valence-corrected chi connectivity index (χ3v) is 6.10. The summed E-state index contributed by atoms with van der Waals surface area (Å²) in [5.41, 5.74) is 4.99. The number of nitrogens with zero attached hydrogens (tertiary/aromatic N) is 3. The topological polar surface area (TPSA) is 141 Å². The molecule has 0 saturated heterocycles. The maximum Gasteiger partial charge on any atom is 0.284 e. The van der Waals surface area contributed by atoms with E-state index in [-0.39, 0.29) is 22.9 Å². The lowest BCUT2D eigenvalue weighted by Gasteiger charge is -2.02. The Balaban J connectivity index is 2.05. The van der Waals surface area contributed by atoms with Gasteiger partial charge in [-0.2, -0.15) is 0 Å². The minimum Gasteiger partial charge on any atom is -0.366 e. The Kier molecular flexibility index (Phi) is 7.36. The normalized spacial score (nSPS) is 10.5. The van der Waals surface area contributed by atoms with Crippen molar-refractivity contribution in [3.05, 3.63) is 33.9 Å². The molecule has 0 fully saturated rings. The molecule has 1 heterocycles. The van der Waals surface area contributed by atoms with Crippen molar-refractivity contribution in [3.8, 4) is 0 Å². The van der Waals surface area contributed by atoms with E-state index in [2.05, 4.69) is 15.5 Å². The minimum atomic E-state index is -0.736. The highest BCUT2D eigenvalue weighted by Gasteiger charge is 2.19. The number of primary amides is 1. The molecule has 0 aliphatic carbocycles. The molecule has 2 amide bonds. The second-order valence-electron chi connectivity index (χ2n) is 4.88. The van der Waals surface area contributed by atoms with E-state index in [4.69, 9.17) is 5.73 Å². The first-order valence-corrected chi connectivity index (χ1v) is 10.0. The quantitative estimate of drug-likeness (QED) is 0.362. The van der Waals surface area contributed by atoms with Crippen LogP contribution in [0.4, 0.5) is 5.69 Å². The number of carbonyl (C=O) groups excluding carboxylic acids is 2. The zero-order chi connectivity index (χ0) is 19.1. The average Bonchev–Trinajstić information content (AvgIpc) is 3.05. The van der Waals surface area contributed by atoms with Crippen LogP contribution < -0.4 is 11.1 Å². The number of nitrogens with one attached hydrogen (secondary N) is 1. The number of hydrogen-bond acceptors (Lipinski definition) is 9. The van der Waals surface area contributed by atoms with Gasteiger partial charge in [0.15, 0.2) is 8.68 Å². The Labute approximate surface area is 161 Å². The van der Waals surface area contributed by atoms with Gasteiger partial charge >= 0.3 is 0 Å². The van der Waals surface area contributed by atoms with E-state index < -0.39 is 10.8 Å². The summed E-state index contributed by atoms with van der Waals surface area (Å²) in [6, 6.07) is 4.02. The molecule has 0 aliphatic heterocycles. The van der Waals surface area contributed by atoms with E-state index in [0.717, 1.165) is 24.2 Å². The van der Waals surface area contributed by atoms with Gasteiger partial charge in [0, 0.05) is 18.2 Å². The molecular formula is C14H15N5O4S3. The summed E-state index contributed by atoms with van der Waals surface area (Å²) < 4.78 is 1.09. The number of aromatic nitrogens is 2. The largest absolute Gasteiger partial charge is 0.366 e. The van der Waals surface area contributed by atoms with E-state index in [1.54, 1.807) is 0 Å². The molecule has 0 spiro atoms. The number of rotatable bonds is 9. The van der Waals surface area contributed by atoms with Crippen molar-refractivity contribution in [2.24, 2.45) is 5.73 Å². The molecule has 138 valence electrons. The van der Waals surface area contributed by atoms with E-state index in [1.165, 1.54) is 35.2 Å². The van der Waals surface area contributed by atoms with Crippen molar-refractivity contribution in [1.29, 1.82) is 0 Å². The van der Waals surface area contributed by atoms with Crippen LogP contribution in [0.15, 0.2) is 31.8 Å². The van der Waals surface area contributed by atoms with Gasteiger partial charge < -0.3 is 11.1 Å². The first-order chi connectivity index (χ1) is 12.4. The average molecular weight is 414 g/mol. The zero-order valence-electron chi connectivity index (χ0n) is 13.6. The predicted molar refractivity (Wildman–Crippen MR) is 99.7 cm³/mol. The summed E-state index contributed by atoms with van der Waals surface area (Å²) in [4.78, 5) is 33.7. The van der Waals surface area contributed by atoms with Crippen molar-refractivity contribution in [2.75, 3.05) is 12.3 Å². The summed E-state index contributed by atoms with van der Waals surface area (Å²) in [6.45, 7) is 2.60. The van der Waals surface area contributed by atoms with Crippen LogP contribution in [0.3, 0.4) is 0 Å². The van der Waals surface area contributed by atoms with Crippen LogP contribution in [-0.2, 0) is 4.79 Å². The van der Waals surface area contributed by atoms with Crippen LogP contribution in [0.5, 0.6) is 0 Å². The number of benzene rings is 1. The highest BCUT2D eigenvalue weighted by Crippen LogP contribution is 2.38. The Morgan fingerprint density at radius 1 is 1.35 bits per heavy atom. The fourth-order valence-electron chi connectivity index (χ4n) is 1.73. The van der Waals surface area contributed by atoms with Gasteiger partial charge in [-0.1, -0.05) is 41.8 Å². The maximum absolute atomic E-state index is 11.6. The summed E-state index contributed by atoms with van der Waals surface area (Å²) in [5, 5.41) is 21.9. The van der Waals surface area contributed by atoms with Gasteiger partial charge in [-0.15, -0.1) is 10.2 Å². The second-order valence-corrected chi connectivity index (χ2v) is 8.37. The number of thioether (sulfide) groups is 1. The molecular weight excluding hydrogens is 398 g/mol. The first kappa shape index (κ1) is 20.1. The molecule has 26 heavy (non-hydrogen) atoms. The van der Waals surface area contributed by atoms with Crippen molar-refractivity contribution in [1.82, 2.24) is 15.5 Å². The van der Waals surface area contributed by atoms with Crippen LogP contribution in [-0.4, -0.2) is 39.2 Å². The molecule has 0 radical (unpaired) electrons. The Hall–Kier alpha value is -2.18. The molecule has 2 rings (SSSR count). The number of nitrogens with two attached hydrogens (primary N) is 1. The summed E-state index contributed by atoms with van der Waals surface area (Å²) in [5.74, 6) is -0.591. The highest BCUT2D eigenvalue weighted by atomic mass is 32.2. The molecule has 12 heteroatoms. The molecule has 9 nitrogen and oxygen atoms in total. The molecule has 0 unspecified atom stereocenters. The molecule has 0 atom stereocenters. The molecule has 1 aromatic carbocycles. The van der Waals surface area contributed by atoms with Gasteiger partial charge in [-0.05, 0) is 18.6 Å². The second kappa shape index (κ2) is 9.50. The SMILES string of the molecule is CCCNC(=O)CSc1nnc(Sc2ccc(C(N)=O)cc2[N+](=O)[O-])s1. The summed E-state index contributed by atoms with van der Waals surface area (Å²) >= 11 is 3.55. The monoisotopic (exact) mass is 413 g/mol. The fourth-order valence-corrected chi connectivity index (χ4v) is 4.63. The van der Waals surface area contributed by atoms with E-state index in [0.29, 0.717) is 20.1 Å². The third kappa shape index (κ3) is 5.68. The van der Waals surface area contributed by atoms with Crippen LogP contribution >= 0.6 is 34.9 Å². The van der Waals surface area contributed by atoms with Crippen LogP contribution in [0, 0.1) is 10.1 Å². The van der Waals surface area contributed by atoms with Gasteiger partial charge in [-0.25, -0.2) is 0 Å². The number of carbonyl (C=O) groups is 2. The lowest BCUT2D eigenvalue weighted by atomic mass is 10.2. The van der Waals surface area contributed by atoms with Crippen molar-refractivity contribution >= 4 is 52.4 Å². The van der Waals surface area contributed by atoms with Gasteiger partial charge in [0.2, 0.25) is 11.8 Å². The van der Waals surface area contributed by atoms with Gasteiger partial charge in [0.25, 0.3) is 5.69 Å². The molecule has 2 aromatic rings. The molecule has 3 N–H and O–H groups in total. The van der Waals surface area contributed by atoms with E-state index >= 15 is 0 Å². The van der Waals surface area contributed by atoms with Crippen molar-refractivity contribution in [2.45, 2.75) is 26.9 Å². The third-order valence-electron chi connectivity index (χ3n) is 2.92. The summed E-state index contributed by atoms with van der Waals surface area (Å²) in [6.07, 6.45) is 0.864. The fraction of sp³-hybridized carbons (Fsp3) is 0.286. The van der Waals surface area contributed by atoms with Crippen LogP contribution in [0.2, 0.25) is 0 Å². The minimum absolute atomic E-state index is 0.0626. The number of nitro benzene ring substituents is 1. The standard InChI is InChI=1S/C14H15N5O4S3/c1-2-5-16-11(20)7-24-13-17-18-14(26-13)25-10-4-3-8(12(15)21)6-9(10)19(22)23/h3-4,6H,2,5,7H2,1H3,(H2,15,21)(H,16,20).